The highest BCUT2D eigenvalue weighted by Crippen LogP contribution is 2.22. The van der Waals surface area contributed by atoms with Gasteiger partial charge in [0.05, 0.1) is 11.9 Å². The molecule has 0 atom stereocenters. The number of carbonyl (C=O) groups is 3. The van der Waals surface area contributed by atoms with Crippen LogP contribution in [0.15, 0.2) is 72.7 Å². The first-order valence-electron chi connectivity index (χ1n) is 8.60. The summed E-state index contributed by atoms with van der Waals surface area (Å²) in [7, 11) is 0. The third kappa shape index (κ3) is 3.09. The third-order valence-electron chi connectivity index (χ3n) is 4.39. The molecular weight excluding hydrogens is 356 g/mol. The number of urea groups is 1. The molecule has 1 aliphatic heterocycles. The maximum atomic E-state index is 12.9. The summed E-state index contributed by atoms with van der Waals surface area (Å²) < 4.78 is 1.86. The second kappa shape index (κ2) is 6.96. The molecule has 0 saturated carbocycles. The number of carbonyl (C=O) groups excluding carboxylic acids is 3. The van der Waals surface area contributed by atoms with Crippen LogP contribution in [0.1, 0.15) is 11.3 Å². The van der Waals surface area contributed by atoms with Gasteiger partial charge in [0.1, 0.15) is 5.57 Å². The quantitative estimate of drug-likeness (QED) is 0.566. The number of anilines is 1. The van der Waals surface area contributed by atoms with E-state index in [0.717, 1.165) is 16.2 Å². The molecule has 0 aliphatic carbocycles. The van der Waals surface area contributed by atoms with Crippen molar-refractivity contribution in [1.29, 1.82) is 0 Å². The van der Waals surface area contributed by atoms with E-state index in [9.17, 15) is 14.4 Å². The van der Waals surface area contributed by atoms with Gasteiger partial charge in [-0.05, 0) is 49.4 Å². The number of rotatable bonds is 3. The standard InChI is InChI=1S/C21H16N4O3/c1-14-6-8-15(9-7-14)24-11-3-5-16(24)12-18-19(26)23-21(28)25(20(18)27)17-4-2-10-22-13-17/h2-13H,1H3,(H,23,26,28)/b18-12+. The fourth-order valence-electron chi connectivity index (χ4n) is 2.98. The van der Waals surface area contributed by atoms with Crippen molar-refractivity contribution in [3.05, 3.63) is 84.0 Å². The van der Waals surface area contributed by atoms with Gasteiger partial charge in [0.25, 0.3) is 11.8 Å². The molecule has 7 heteroatoms. The lowest BCUT2D eigenvalue weighted by Gasteiger charge is -2.26. The Morgan fingerprint density at radius 2 is 1.75 bits per heavy atom. The van der Waals surface area contributed by atoms with Gasteiger partial charge < -0.3 is 4.57 Å². The van der Waals surface area contributed by atoms with Crippen LogP contribution in [0, 0.1) is 6.92 Å². The Labute approximate surface area is 160 Å². The van der Waals surface area contributed by atoms with Crippen molar-refractivity contribution < 1.29 is 14.4 Å². The molecule has 1 saturated heterocycles. The molecule has 1 aliphatic rings. The maximum Gasteiger partial charge on any atom is 0.336 e. The van der Waals surface area contributed by atoms with Gasteiger partial charge in [0.2, 0.25) is 0 Å². The molecule has 3 heterocycles. The average Bonchev–Trinajstić information content (AvgIpc) is 3.15. The SMILES string of the molecule is Cc1ccc(-n2cccc2/C=C2\C(=O)NC(=O)N(c3cccnc3)C2=O)cc1. The molecule has 0 spiro atoms. The number of aromatic nitrogens is 2. The van der Waals surface area contributed by atoms with Crippen molar-refractivity contribution in [2.45, 2.75) is 6.92 Å². The molecule has 1 fully saturated rings. The average molecular weight is 372 g/mol. The van der Waals surface area contributed by atoms with Crippen LogP contribution < -0.4 is 10.2 Å². The Hall–Kier alpha value is -4.00. The summed E-state index contributed by atoms with van der Waals surface area (Å²) in [6, 6.07) is 13.9. The molecule has 2 aromatic heterocycles. The number of benzene rings is 1. The summed E-state index contributed by atoms with van der Waals surface area (Å²) in [4.78, 5) is 42.3. The van der Waals surface area contributed by atoms with Gasteiger partial charge in [-0.2, -0.15) is 0 Å². The van der Waals surface area contributed by atoms with E-state index in [2.05, 4.69) is 10.3 Å². The topological polar surface area (TPSA) is 84.3 Å². The molecule has 4 amide bonds. The molecular formula is C21H16N4O3. The number of aryl methyl sites for hydroxylation is 1. The van der Waals surface area contributed by atoms with Gasteiger partial charge in [-0.25, -0.2) is 9.69 Å². The second-order valence-corrected chi connectivity index (χ2v) is 6.31. The number of pyridine rings is 1. The first-order valence-corrected chi connectivity index (χ1v) is 8.60. The minimum Gasteiger partial charge on any atom is -0.317 e. The van der Waals surface area contributed by atoms with Crippen LogP contribution in [0.4, 0.5) is 10.5 Å². The number of amides is 4. The Balaban J connectivity index is 1.74. The molecule has 138 valence electrons. The smallest absolute Gasteiger partial charge is 0.317 e. The number of nitrogens with one attached hydrogen (secondary N) is 1. The number of hydrogen-bond acceptors (Lipinski definition) is 4. The van der Waals surface area contributed by atoms with E-state index in [1.165, 1.54) is 18.5 Å². The predicted molar refractivity (Wildman–Crippen MR) is 104 cm³/mol. The normalized spacial score (nSPS) is 15.8. The zero-order valence-corrected chi connectivity index (χ0v) is 15.0. The molecule has 3 aromatic rings. The van der Waals surface area contributed by atoms with Crippen LogP contribution in [-0.2, 0) is 9.59 Å². The van der Waals surface area contributed by atoms with Gasteiger partial charge >= 0.3 is 6.03 Å². The summed E-state index contributed by atoms with van der Waals surface area (Å²) in [5.41, 5.74) is 2.82. The highest BCUT2D eigenvalue weighted by atomic mass is 16.2. The van der Waals surface area contributed by atoms with Gasteiger partial charge in [-0.1, -0.05) is 17.7 Å². The summed E-state index contributed by atoms with van der Waals surface area (Å²) >= 11 is 0. The lowest BCUT2D eigenvalue weighted by Crippen LogP contribution is -2.54. The summed E-state index contributed by atoms with van der Waals surface area (Å²) in [5.74, 6) is -1.43. The summed E-state index contributed by atoms with van der Waals surface area (Å²) in [6.07, 6.45) is 6.24. The van der Waals surface area contributed by atoms with Gasteiger partial charge in [-0.3, -0.25) is 19.9 Å². The molecule has 1 aromatic carbocycles. The Morgan fingerprint density at radius 3 is 2.46 bits per heavy atom. The van der Waals surface area contributed by atoms with Crippen molar-refractivity contribution in [2.75, 3.05) is 4.90 Å². The van der Waals surface area contributed by atoms with Crippen molar-refractivity contribution in [2.24, 2.45) is 0 Å². The van der Waals surface area contributed by atoms with Crippen molar-refractivity contribution in [3.8, 4) is 5.69 Å². The predicted octanol–water partition coefficient (Wildman–Crippen LogP) is 2.85. The van der Waals surface area contributed by atoms with E-state index < -0.39 is 17.8 Å². The maximum absolute atomic E-state index is 12.9. The van der Waals surface area contributed by atoms with Crippen LogP contribution in [0.25, 0.3) is 11.8 Å². The summed E-state index contributed by atoms with van der Waals surface area (Å²) in [6.45, 7) is 2.00. The zero-order valence-electron chi connectivity index (χ0n) is 15.0. The first kappa shape index (κ1) is 17.4. The number of nitrogens with zero attached hydrogens (tertiary/aromatic N) is 3. The summed E-state index contributed by atoms with van der Waals surface area (Å²) in [5, 5.41) is 2.21. The largest absolute Gasteiger partial charge is 0.336 e. The van der Waals surface area contributed by atoms with Gasteiger partial charge in [0, 0.05) is 23.8 Å². The van der Waals surface area contributed by atoms with E-state index in [1.54, 1.807) is 18.2 Å². The molecule has 4 rings (SSSR count). The van der Waals surface area contributed by atoms with Crippen molar-refractivity contribution >= 4 is 29.6 Å². The van der Waals surface area contributed by atoms with Gasteiger partial charge in [-0.15, -0.1) is 0 Å². The number of hydrogen-bond donors (Lipinski definition) is 1. The molecule has 0 radical (unpaired) electrons. The van der Waals surface area contributed by atoms with Crippen LogP contribution in [0.5, 0.6) is 0 Å². The van der Waals surface area contributed by atoms with Crippen molar-refractivity contribution in [3.63, 3.8) is 0 Å². The van der Waals surface area contributed by atoms with Crippen molar-refractivity contribution in [1.82, 2.24) is 14.9 Å². The lowest BCUT2D eigenvalue weighted by atomic mass is 10.1. The third-order valence-corrected chi connectivity index (χ3v) is 4.39. The zero-order chi connectivity index (χ0) is 19.7. The van der Waals surface area contributed by atoms with E-state index >= 15 is 0 Å². The number of imide groups is 2. The minimum absolute atomic E-state index is 0.129. The minimum atomic E-state index is -0.797. The van der Waals surface area contributed by atoms with E-state index in [0.29, 0.717) is 5.69 Å². The number of barbiturate groups is 1. The highest BCUT2D eigenvalue weighted by molar-refractivity contribution is 6.39. The molecule has 7 nitrogen and oxygen atoms in total. The van der Waals surface area contributed by atoms with Crippen LogP contribution in [-0.4, -0.2) is 27.4 Å². The molecule has 28 heavy (non-hydrogen) atoms. The fourth-order valence-corrected chi connectivity index (χ4v) is 2.98. The molecule has 0 bridgehead atoms. The van der Waals surface area contributed by atoms with Crippen LogP contribution in [0.2, 0.25) is 0 Å². The van der Waals surface area contributed by atoms with Crippen LogP contribution >= 0.6 is 0 Å². The monoisotopic (exact) mass is 372 g/mol. The molecule has 0 unspecified atom stereocenters. The fraction of sp³-hybridized carbons (Fsp3) is 0.0476. The Morgan fingerprint density at radius 1 is 0.964 bits per heavy atom. The second-order valence-electron chi connectivity index (χ2n) is 6.31. The van der Waals surface area contributed by atoms with Crippen LogP contribution in [0.3, 0.4) is 0 Å². The first-order chi connectivity index (χ1) is 13.5. The Kier molecular flexibility index (Phi) is 4.33. The van der Waals surface area contributed by atoms with E-state index in [1.807, 2.05) is 48.0 Å². The van der Waals surface area contributed by atoms with E-state index in [-0.39, 0.29) is 11.3 Å². The highest BCUT2D eigenvalue weighted by Gasteiger charge is 2.37. The van der Waals surface area contributed by atoms with E-state index in [4.69, 9.17) is 0 Å². The Bertz CT molecular complexity index is 1100. The van der Waals surface area contributed by atoms with Gasteiger partial charge in [0.15, 0.2) is 0 Å². The molecule has 1 N–H and O–H groups in total. The lowest BCUT2D eigenvalue weighted by molar-refractivity contribution is -0.122.